The molecule has 5 nitrogen and oxygen atoms in total. The van der Waals surface area contributed by atoms with E-state index in [0.29, 0.717) is 18.2 Å². The molecule has 2 aromatic rings. The topological polar surface area (TPSA) is 70.7 Å². The van der Waals surface area contributed by atoms with Crippen molar-refractivity contribution in [3.63, 3.8) is 0 Å². The van der Waals surface area contributed by atoms with Gasteiger partial charge in [0, 0.05) is 0 Å². The molecule has 0 radical (unpaired) electrons. The van der Waals surface area contributed by atoms with Crippen LogP contribution in [-0.4, -0.2) is 20.7 Å². The molecule has 2 rings (SSSR count). The predicted octanol–water partition coefficient (Wildman–Crippen LogP) is 3.13. The smallest absolute Gasteiger partial charge is 0.255 e. The molecule has 0 aliphatic rings. The van der Waals surface area contributed by atoms with Crippen molar-refractivity contribution >= 4 is 17.6 Å². The van der Waals surface area contributed by atoms with Gasteiger partial charge in [-0.25, -0.2) is 0 Å². The van der Waals surface area contributed by atoms with Crippen LogP contribution in [0, 0.1) is 0 Å². The Morgan fingerprint density at radius 2 is 2.05 bits per heavy atom. The highest BCUT2D eigenvalue weighted by atomic mass is 32.2. The van der Waals surface area contributed by atoms with E-state index in [0.717, 1.165) is 5.56 Å². The summed E-state index contributed by atoms with van der Waals surface area (Å²) in [5.41, 5.74) is 1.05. The number of rotatable bonds is 5. The van der Waals surface area contributed by atoms with Crippen LogP contribution < -0.4 is 4.74 Å². The zero-order chi connectivity index (χ0) is 15.3. The molecule has 1 unspecified atom stereocenters. The zero-order valence-corrected chi connectivity index (χ0v) is 13.1. The number of hydrogen-bond acceptors (Lipinski definition) is 5. The Balaban J connectivity index is 1.91. The first-order chi connectivity index (χ1) is 9.95. The van der Waals surface area contributed by atoms with Crippen molar-refractivity contribution in [3.8, 4) is 5.88 Å². The van der Waals surface area contributed by atoms with Crippen LogP contribution in [-0.2, 0) is 18.0 Å². The van der Waals surface area contributed by atoms with Gasteiger partial charge in [-0.05, 0) is 31.5 Å². The highest BCUT2D eigenvalue weighted by Crippen LogP contribution is 2.17. The van der Waals surface area contributed by atoms with E-state index < -0.39 is 16.1 Å². The van der Waals surface area contributed by atoms with Crippen LogP contribution in [0.3, 0.4) is 0 Å². The monoisotopic (exact) mass is 306 g/mol. The number of aromatic nitrogens is 1. The maximum absolute atomic E-state index is 11.8. The van der Waals surface area contributed by atoms with Crippen molar-refractivity contribution in [2.75, 3.05) is 0 Å². The quantitative estimate of drug-likeness (QED) is 0.628. The second-order valence-corrected chi connectivity index (χ2v) is 7.37. The van der Waals surface area contributed by atoms with Gasteiger partial charge in [-0.1, -0.05) is 34.7 Å². The van der Waals surface area contributed by atoms with Crippen LogP contribution >= 0.6 is 0 Å². The van der Waals surface area contributed by atoms with Gasteiger partial charge in [-0.3, -0.25) is 0 Å². The molecule has 6 heteroatoms. The zero-order valence-electron chi connectivity index (χ0n) is 12.3. The lowest BCUT2D eigenvalue weighted by molar-refractivity contribution is 0.269. The van der Waals surface area contributed by atoms with Gasteiger partial charge in [0.15, 0.2) is 5.76 Å². The maximum Gasteiger partial charge on any atom is 0.255 e. The number of benzene rings is 1. The lowest BCUT2D eigenvalue weighted by atomic mass is 10.2. The summed E-state index contributed by atoms with van der Waals surface area (Å²) in [5.74, 6) is 0.789. The highest BCUT2D eigenvalue weighted by Gasteiger charge is 2.26. The lowest BCUT2D eigenvalue weighted by Gasteiger charge is -2.17. The molecule has 0 spiro atoms. The molecule has 0 aliphatic heterocycles. The maximum atomic E-state index is 11.8. The van der Waals surface area contributed by atoms with E-state index in [9.17, 15) is 4.55 Å². The summed E-state index contributed by atoms with van der Waals surface area (Å²) in [7, 11) is 0. The fraction of sp³-hybridized carbons (Fsp3) is 0.333. The molecule has 0 bridgehead atoms. The minimum atomic E-state index is -1.32. The predicted molar refractivity (Wildman–Crippen MR) is 82.8 cm³/mol. The lowest BCUT2D eigenvalue weighted by Crippen LogP contribution is -2.25. The Labute approximate surface area is 127 Å². The summed E-state index contributed by atoms with van der Waals surface area (Å²) in [4.78, 5) is 0. The van der Waals surface area contributed by atoms with E-state index in [2.05, 4.69) is 9.55 Å². The van der Waals surface area contributed by atoms with Gasteiger partial charge in [-0.15, -0.1) is 0 Å². The Hall–Kier alpha value is -1.79. The normalized spacial score (nSPS) is 13.5. The van der Waals surface area contributed by atoms with Gasteiger partial charge in [0.1, 0.15) is 28.9 Å². The van der Waals surface area contributed by atoms with Gasteiger partial charge < -0.3 is 13.8 Å². The van der Waals surface area contributed by atoms with E-state index in [1.807, 2.05) is 51.1 Å². The third-order valence-electron chi connectivity index (χ3n) is 2.54. The minimum absolute atomic E-state index is 0.377. The Bertz CT molecular complexity index is 590. The standard InChI is InChI=1S/C15H18N2O3S/c1-15(2,3)21(18)16-10-13-9-14(17-20-13)19-11-12-7-5-4-6-8-12/h4-10H,11H2,1-3H3. The van der Waals surface area contributed by atoms with Crippen LogP contribution in [0.2, 0.25) is 0 Å². The third kappa shape index (κ3) is 4.91. The number of ether oxygens (including phenoxy) is 1. The van der Waals surface area contributed by atoms with Crippen LogP contribution in [0.1, 0.15) is 32.1 Å². The number of nitrogens with zero attached hydrogens (tertiary/aromatic N) is 2. The van der Waals surface area contributed by atoms with Crippen LogP contribution in [0.4, 0.5) is 0 Å². The molecule has 0 aliphatic carbocycles. The molecular weight excluding hydrogens is 288 g/mol. The van der Waals surface area contributed by atoms with E-state index in [4.69, 9.17) is 9.26 Å². The largest absolute Gasteiger partial charge is 0.591 e. The van der Waals surface area contributed by atoms with Crippen molar-refractivity contribution < 1.29 is 13.8 Å². The Morgan fingerprint density at radius 3 is 2.71 bits per heavy atom. The van der Waals surface area contributed by atoms with Gasteiger partial charge in [0.2, 0.25) is 0 Å². The van der Waals surface area contributed by atoms with E-state index in [-0.39, 0.29) is 0 Å². The SMILES string of the molecule is CC(C)(C)[S+]([O-])N=Cc1cc(OCc2ccccc2)no1. The molecule has 1 aromatic carbocycles. The van der Waals surface area contributed by atoms with Crippen molar-refractivity contribution in [2.45, 2.75) is 32.1 Å². The van der Waals surface area contributed by atoms with Crippen molar-refractivity contribution in [1.29, 1.82) is 0 Å². The second-order valence-electron chi connectivity index (χ2n) is 5.44. The molecule has 0 saturated carbocycles. The molecular formula is C15H18N2O3S. The molecule has 112 valence electrons. The molecule has 0 saturated heterocycles. The van der Waals surface area contributed by atoms with Crippen LogP contribution in [0.15, 0.2) is 45.3 Å². The van der Waals surface area contributed by atoms with Crippen molar-refractivity contribution in [3.05, 3.63) is 47.7 Å². The highest BCUT2D eigenvalue weighted by molar-refractivity contribution is 7.91. The van der Waals surface area contributed by atoms with E-state index >= 15 is 0 Å². The third-order valence-corrected chi connectivity index (χ3v) is 3.88. The summed E-state index contributed by atoms with van der Waals surface area (Å²) >= 11 is -1.32. The van der Waals surface area contributed by atoms with Gasteiger partial charge in [0.25, 0.3) is 5.88 Å². The number of hydrogen-bond donors (Lipinski definition) is 0. The Morgan fingerprint density at radius 1 is 1.33 bits per heavy atom. The minimum Gasteiger partial charge on any atom is -0.591 e. The van der Waals surface area contributed by atoms with Crippen LogP contribution in [0.5, 0.6) is 5.88 Å². The van der Waals surface area contributed by atoms with E-state index in [1.165, 1.54) is 6.21 Å². The second kappa shape index (κ2) is 6.78. The Kier molecular flexibility index (Phi) is 5.03. The first-order valence-corrected chi connectivity index (χ1v) is 7.65. The van der Waals surface area contributed by atoms with Crippen molar-refractivity contribution in [2.24, 2.45) is 4.40 Å². The average Bonchev–Trinajstić information content (AvgIpc) is 2.90. The fourth-order valence-electron chi connectivity index (χ4n) is 1.39. The molecule has 1 aromatic heterocycles. The molecule has 0 fully saturated rings. The van der Waals surface area contributed by atoms with Crippen LogP contribution in [0.25, 0.3) is 0 Å². The summed E-state index contributed by atoms with van der Waals surface area (Å²) in [6.45, 7) is 5.98. The van der Waals surface area contributed by atoms with Gasteiger partial charge >= 0.3 is 0 Å². The summed E-state index contributed by atoms with van der Waals surface area (Å²) < 4.78 is 25.9. The summed E-state index contributed by atoms with van der Waals surface area (Å²) in [6.07, 6.45) is 1.41. The van der Waals surface area contributed by atoms with Gasteiger partial charge in [-0.2, -0.15) is 0 Å². The fourth-order valence-corrected chi connectivity index (χ4v) is 1.91. The molecule has 0 amide bonds. The average molecular weight is 306 g/mol. The van der Waals surface area contributed by atoms with E-state index in [1.54, 1.807) is 6.07 Å². The van der Waals surface area contributed by atoms with Crippen molar-refractivity contribution in [1.82, 2.24) is 5.16 Å². The molecule has 1 atom stereocenters. The van der Waals surface area contributed by atoms with Gasteiger partial charge in [0.05, 0.1) is 6.07 Å². The summed E-state index contributed by atoms with van der Waals surface area (Å²) in [6, 6.07) is 11.4. The molecule has 0 N–H and O–H groups in total. The summed E-state index contributed by atoms with van der Waals surface area (Å²) in [5, 5.41) is 3.78. The molecule has 1 heterocycles. The first-order valence-electron chi connectivity index (χ1n) is 6.54. The molecule has 21 heavy (non-hydrogen) atoms. The first kappa shape index (κ1) is 15.6.